The third-order valence-electron chi connectivity index (χ3n) is 3.17. The second-order valence-corrected chi connectivity index (χ2v) is 6.39. The highest BCUT2D eigenvalue weighted by molar-refractivity contribution is 9.11. The van der Waals surface area contributed by atoms with Crippen molar-refractivity contribution in [2.75, 3.05) is 0 Å². The number of hydrazine groups is 1. The molecule has 2 rings (SSSR count). The number of nitrogens with two attached hydrogens (primary N) is 1. The van der Waals surface area contributed by atoms with Gasteiger partial charge in [-0.15, -0.1) is 0 Å². The zero-order valence-corrected chi connectivity index (χ0v) is 14.2. The van der Waals surface area contributed by atoms with Gasteiger partial charge in [-0.05, 0) is 62.8 Å². The Balaban J connectivity index is 1.95. The quantitative estimate of drug-likeness (QED) is 0.568. The second-order valence-electron chi connectivity index (χ2n) is 4.62. The van der Waals surface area contributed by atoms with E-state index in [9.17, 15) is 0 Å². The zero-order valence-electron chi connectivity index (χ0n) is 11.0. The van der Waals surface area contributed by atoms with Crippen LogP contribution in [-0.4, -0.2) is 4.98 Å². The Hall–Kier alpha value is -0.750. The van der Waals surface area contributed by atoms with Crippen LogP contribution >= 0.6 is 31.9 Å². The van der Waals surface area contributed by atoms with Crippen molar-refractivity contribution in [2.24, 2.45) is 5.84 Å². The number of halogens is 2. The Morgan fingerprint density at radius 1 is 1.20 bits per heavy atom. The van der Waals surface area contributed by atoms with Crippen molar-refractivity contribution in [2.45, 2.75) is 25.3 Å². The van der Waals surface area contributed by atoms with Gasteiger partial charge in [-0.2, -0.15) is 0 Å². The Morgan fingerprint density at radius 3 is 2.60 bits per heavy atom. The molecule has 0 saturated carbocycles. The number of aromatic nitrogens is 1. The van der Waals surface area contributed by atoms with E-state index < -0.39 is 0 Å². The van der Waals surface area contributed by atoms with Crippen molar-refractivity contribution in [1.29, 1.82) is 0 Å². The van der Waals surface area contributed by atoms with Gasteiger partial charge in [0, 0.05) is 15.1 Å². The lowest BCUT2D eigenvalue weighted by atomic mass is 10.0. The van der Waals surface area contributed by atoms with Gasteiger partial charge in [0.05, 0.1) is 11.7 Å². The first-order valence-electron chi connectivity index (χ1n) is 6.51. The highest BCUT2D eigenvalue weighted by Gasteiger charge is 2.14. The number of benzene rings is 1. The van der Waals surface area contributed by atoms with Crippen molar-refractivity contribution < 1.29 is 0 Å². The maximum Gasteiger partial charge on any atom is 0.0729 e. The van der Waals surface area contributed by atoms with Gasteiger partial charge in [0.15, 0.2) is 0 Å². The molecule has 1 atom stereocenters. The average Bonchev–Trinajstić information content (AvgIpc) is 2.46. The maximum atomic E-state index is 5.67. The van der Waals surface area contributed by atoms with Crippen molar-refractivity contribution >= 4 is 31.9 Å². The Labute approximate surface area is 136 Å². The summed E-state index contributed by atoms with van der Waals surface area (Å²) < 4.78 is 1.92. The Bertz CT molecular complexity index is 546. The van der Waals surface area contributed by atoms with Crippen LogP contribution in [0.25, 0.3) is 0 Å². The fourth-order valence-electron chi connectivity index (χ4n) is 2.14. The normalized spacial score (nSPS) is 12.3. The molecule has 1 aromatic carbocycles. The van der Waals surface area contributed by atoms with E-state index in [1.165, 1.54) is 5.56 Å². The molecule has 0 aliphatic carbocycles. The largest absolute Gasteiger partial charge is 0.271 e. The fourth-order valence-corrected chi connectivity index (χ4v) is 3.40. The van der Waals surface area contributed by atoms with Crippen LogP contribution in [0.15, 0.2) is 51.5 Å². The molecule has 3 nitrogen and oxygen atoms in total. The minimum atomic E-state index is 0.0567. The predicted molar refractivity (Wildman–Crippen MR) is 89.1 cm³/mol. The first-order valence-corrected chi connectivity index (χ1v) is 8.10. The van der Waals surface area contributed by atoms with Gasteiger partial charge in [0.2, 0.25) is 0 Å². The standard InChI is InChI=1S/C15H17Br2N3/c16-12-9-13(17)15(19-10-12)14(20-18)8-4-7-11-5-2-1-3-6-11/h1-3,5-6,9-10,14,20H,4,7-8,18H2. The van der Waals surface area contributed by atoms with Gasteiger partial charge in [0.1, 0.15) is 0 Å². The fraction of sp³-hybridized carbons (Fsp3) is 0.267. The van der Waals surface area contributed by atoms with E-state index >= 15 is 0 Å². The maximum absolute atomic E-state index is 5.67. The number of nitrogens with one attached hydrogen (secondary N) is 1. The van der Waals surface area contributed by atoms with Crippen LogP contribution in [0.1, 0.15) is 30.1 Å². The summed E-state index contributed by atoms with van der Waals surface area (Å²) in [6, 6.07) is 12.5. The van der Waals surface area contributed by atoms with Crippen LogP contribution in [0.4, 0.5) is 0 Å². The molecule has 2 aromatic rings. The van der Waals surface area contributed by atoms with Crippen molar-refractivity contribution in [3.05, 3.63) is 62.8 Å². The van der Waals surface area contributed by atoms with Crippen LogP contribution in [0.3, 0.4) is 0 Å². The summed E-state index contributed by atoms with van der Waals surface area (Å²) in [4.78, 5) is 4.44. The SMILES string of the molecule is NNC(CCCc1ccccc1)c1ncc(Br)cc1Br. The molecule has 0 radical (unpaired) electrons. The summed E-state index contributed by atoms with van der Waals surface area (Å²) in [6.45, 7) is 0. The summed E-state index contributed by atoms with van der Waals surface area (Å²) in [5.74, 6) is 5.67. The molecule has 1 heterocycles. The van der Waals surface area contributed by atoms with E-state index in [-0.39, 0.29) is 6.04 Å². The molecule has 0 bridgehead atoms. The lowest BCUT2D eigenvalue weighted by molar-refractivity contribution is 0.486. The third kappa shape index (κ3) is 4.38. The van der Waals surface area contributed by atoms with E-state index in [0.717, 1.165) is 33.9 Å². The minimum Gasteiger partial charge on any atom is -0.271 e. The lowest BCUT2D eigenvalue weighted by Crippen LogP contribution is -2.29. The first kappa shape index (κ1) is 15.6. The zero-order chi connectivity index (χ0) is 14.4. The number of pyridine rings is 1. The van der Waals surface area contributed by atoms with E-state index in [2.05, 4.69) is 66.5 Å². The topological polar surface area (TPSA) is 50.9 Å². The molecule has 0 aliphatic rings. The summed E-state index contributed by atoms with van der Waals surface area (Å²) >= 11 is 6.94. The number of nitrogens with zero attached hydrogens (tertiary/aromatic N) is 1. The minimum absolute atomic E-state index is 0.0567. The summed E-state index contributed by atoms with van der Waals surface area (Å²) in [7, 11) is 0. The van der Waals surface area contributed by atoms with Crippen molar-refractivity contribution in [1.82, 2.24) is 10.4 Å². The Morgan fingerprint density at radius 2 is 1.95 bits per heavy atom. The van der Waals surface area contributed by atoms with Gasteiger partial charge >= 0.3 is 0 Å². The average molecular weight is 399 g/mol. The molecule has 3 N–H and O–H groups in total. The van der Waals surface area contributed by atoms with E-state index in [1.54, 1.807) is 6.20 Å². The molecule has 106 valence electrons. The van der Waals surface area contributed by atoms with Crippen LogP contribution in [0.2, 0.25) is 0 Å². The summed E-state index contributed by atoms with van der Waals surface area (Å²) in [5.41, 5.74) is 5.16. The first-order chi connectivity index (χ1) is 9.70. The molecule has 5 heteroatoms. The van der Waals surface area contributed by atoms with Crippen molar-refractivity contribution in [3.8, 4) is 0 Å². The molecular weight excluding hydrogens is 382 g/mol. The number of hydrogen-bond acceptors (Lipinski definition) is 3. The number of hydrogen-bond donors (Lipinski definition) is 2. The molecule has 0 aliphatic heterocycles. The Kier molecular flexibility index (Phi) is 6.16. The summed E-state index contributed by atoms with van der Waals surface area (Å²) in [5, 5.41) is 0. The molecular formula is C15H17Br2N3. The van der Waals surface area contributed by atoms with E-state index in [0.29, 0.717) is 0 Å². The van der Waals surface area contributed by atoms with Gasteiger partial charge in [-0.3, -0.25) is 16.3 Å². The van der Waals surface area contributed by atoms with Gasteiger partial charge in [0.25, 0.3) is 0 Å². The molecule has 0 fully saturated rings. The van der Waals surface area contributed by atoms with Gasteiger partial charge in [-0.1, -0.05) is 30.3 Å². The molecule has 1 unspecified atom stereocenters. The van der Waals surface area contributed by atoms with Crippen molar-refractivity contribution in [3.63, 3.8) is 0 Å². The van der Waals surface area contributed by atoms with Crippen LogP contribution in [0, 0.1) is 0 Å². The highest BCUT2D eigenvalue weighted by Crippen LogP contribution is 2.27. The monoisotopic (exact) mass is 397 g/mol. The van der Waals surface area contributed by atoms with Crippen LogP contribution in [-0.2, 0) is 6.42 Å². The van der Waals surface area contributed by atoms with E-state index in [4.69, 9.17) is 5.84 Å². The van der Waals surface area contributed by atoms with Crippen LogP contribution in [0.5, 0.6) is 0 Å². The number of aryl methyl sites for hydroxylation is 1. The van der Waals surface area contributed by atoms with Gasteiger partial charge < -0.3 is 0 Å². The lowest BCUT2D eigenvalue weighted by Gasteiger charge is -2.16. The molecule has 0 amide bonds. The molecule has 20 heavy (non-hydrogen) atoms. The van der Waals surface area contributed by atoms with Crippen LogP contribution < -0.4 is 11.3 Å². The second kappa shape index (κ2) is 7.88. The molecule has 0 spiro atoms. The predicted octanol–water partition coefficient (Wildman–Crippen LogP) is 4.13. The van der Waals surface area contributed by atoms with E-state index in [1.807, 2.05) is 12.1 Å². The smallest absolute Gasteiger partial charge is 0.0729 e. The van der Waals surface area contributed by atoms with Gasteiger partial charge in [-0.25, -0.2) is 0 Å². The molecule has 1 aromatic heterocycles. The highest BCUT2D eigenvalue weighted by atomic mass is 79.9. The summed E-state index contributed by atoms with van der Waals surface area (Å²) in [6.07, 6.45) is 4.84. The molecule has 0 saturated heterocycles. The number of rotatable bonds is 6. The third-order valence-corrected chi connectivity index (χ3v) is 4.24.